The van der Waals surface area contributed by atoms with Crippen LogP contribution >= 0.6 is 0 Å². The maximum Gasteiger partial charge on any atom is 0.253 e. The van der Waals surface area contributed by atoms with Crippen molar-refractivity contribution in [1.82, 2.24) is 10.3 Å². The maximum absolute atomic E-state index is 12.1. The second-order valence-corrected chi connectivity index (χ2v) is 5.58. The number of amides is 1. The smallest absolute Gasteiger partial charge is 0.253 e. The van der Waals surface area contributed by atoms with Gasteiger partial charge in [0, 0.05) is 6.20 Å². The van der Waals surface area contributed by atoms with Crippen LogP contribution in [0.4, 0.5) is 0 Å². The number of carbonyl (C=O) groups is 1. The second-order valence-electron chi connectivity index (χ2n) is 5.58. The van der Waals surface area contributed by atoms with Crippen molar-refractivity contribution >= 4 is 11.7 Å². The van der Waals surface area contributed by atoms with Gasteiger partial charge in [0.2, 0.25) is 0 Å². The molecule has 0 bridgehead atoms. The lowest BCUT2D eigenvalue weighted by molar-refractivity contribution is -0.124. The molecule has 1 aromatic heterocycles. The van der Waals surface area contributed by atoms with Crippen molar-refractivity contribution in [2.24, 2.45) is 10.9 Å². The molecule has 0 spiro atoms. The number of carbonyl (C=O) groups excluding carboxylic acids is 1. The second kappa shape index (κ2) is 4.76. The summed E-state index contributed by atoms with van der Waals surface area (Å²) < 4.78 is 0. The first-order valence-corrected chi connectivity index (χ1v) is 6.75. The molecule has 2 rings (SSSR count). The molecule has 1 N–H and O–H groups in total. The van der Waals surface area contributed by atoms with Crippen LogP contribution in [0.15, 0.2) is 17.3 Å². The first-order chi connectivity index (χ1) is 8.88. The molecule has 0 aromatic carbocycles. The van der Waals surface area contributed by atoms with E-state index in [1.165, 1.54) is 5.56 Å². The SMILES string of the molecule is CCc1cnc(C2=NC(C)(C(C)C)C(=O)N2)c(C)c1. The third-order valence-corrected chi connectivity index (χ3v) is 3.93. The lowest BCUT2D eigenvalue weighted by Gasteiger charge is -2.21. The quantitative estimate of drug-likeness (QED) is 0.905. The normalized spacial score (nSPS) is 22.6. The number of aryl methyl sites for hydroxylation is 2. The van der Waals surface area contributed by atoms with Crippen LogP contribution in [0.2, 0.25) is 0 Å². The lowest BCUT2D eigenvalue weighted by atomic mass is 9.89. The molecule has 2 heterocycles. The number of hydrogen-bond acceptors (Lipinski definition) is 3. The zero-order chi connectivity index (χ0) is 14.2. The van der Waals surface area contributed by atoms with Gasteiger partial charge in [-0.05, 0) is 37.3 Å². The molecule has 0 fully saturated rings. The van der Waals surface area contributed by atoms with Crippen LogP contribution in [0.3, 0.4) is 0 Å². The van der Waals surface area contributed by atoms with Gasteiger partial charge in [-0.15, -0.1) is 0 Å². The average molecular weight is 259 g/mol. The van der Waals surface area contributed by atoms with E-state index in [-0.39, 0.29) is 11.8 Å². The molecule has 0 saturated carbocycles. The molecule has 19 heavy (non-hydrogen) atoms. The molecule has 1 atom stereocenters. The fourth-order valence-corrected chi connectivity index (χ4v) is 2.12. The van der Waals surface area contributed by atoms with Crippen molar-refractivity contribution in [2.75, 3.05) is 0 Å². The highest BCUT2D eigenvalue weighted by Crippen LogP contribution is 2.27. The lowest BCUT2D eigenvalue weighted by Crippen LogP contribution is -2.41. The monoisotopic (exact) mass is 259 g/mol. The number of aliphatic imine (C=N–C) groups is 1. The van der Waals surface area contributed by atoms with Crippen LogP contribution in [0, 0.1) is 12.8 Å². The number of nitrogens with zero attached hydrogens (tertiary/aromatic N) is 2. The summed E-state index contributed by atoms with van der Waals surface area (Å²) in [4.78, 5) is 21.1. The molecule has 102 valence electrons. The van der Waals surface area contributed by atoms with Crippen LogP contribution < -0.4 is 5.32 Å². The fraction of sp³-hybridized carbons (Fsp3) is 0.533. The third kappa shape index (κ3) is 2.27. The minimum absolute atomic E-state index is 0.0433. The van der Waals surface area contributed by atoms with Crippen LogP contribution in [0.25, 0.3) is 0 Å². The Hall–Kier alpha value is -1.71. The van der Waals surface area contributed by atoms with Crippen molar-refractivity contribution < 1.29 is 4.79 Å². The highest BCUT2D eigenvalue weighted by atomic mass is 16.2. The summed E-state index contributed by atoms with van der Waals surface area (Å²) in [6.07, 6.45) is 2.80. The summed E-state index contributed by atoms with van der Waals surface area (Å²) in [5.41, 5.74) is 2.33. The van der Waals surface area contributed by atoms with E-state index in [2.05, 4.69) is 28.3 Å². The summed E-state index contributed by atoms with van der Waals surface area (Å²) in [5.74, 6) is 0.708. The third-order valence-electron chi connectivity index (χ3n) is 3.93. The van der Waals surface area contributed by atoms with Gasteiger partial charge in [0.15, 0.2) is 5.84 Å². The van der Waals surface area contributed by atoms with Gasteiger partial charge in [0.25, 0.3) is 5.91 Å². The van der Waals surface area contributed by atoms with E-state index < -0.39 is 5.54 Å². The van der Waals surface area contributed by atoms with Gasteiger partial charge in [0.1, 0.15) is 11.2 Å². The van der Waals surface area contributed by atoms with Gasteiger partial charge in [0.05, 0.1) is 0 Å². The van der Waals surface area contributed by atoms with E-state index in [1.807, 2.05) is 33.9 Å². The molecule has 1 amide bonds. The summed E-state index contributed by atoms with van der Waals surface area (Å²) in [6, 6.07) is 2.10. The summed E-state index contributed by atoms with van der Waals surface area (Å²) in [7, 11) is 0. The van der Waals surface area contributed by atoms with E-state index in [0.717, 1.165) is 17.7 Å². The van der Waals surface area contributed by atoms with E-state index in [1.54, 1.807) is 0 Å². The molecule has 0 radical (unpaired) electrons. The van der Waals surface area contributed by atoms with Gasteiger partial charge in [-0.25, -0.2) is 4.99 Å². The molecule has 0 aliphatic carbocycles. The number of hydrogen-bond donors (Lipinski definition) is 1. The number of aromatic nitrogens is 1. The molecular formula is C15H21N3O. The molecular weight excluding hydrogens is 238 g/mol. The van der Waals surface area contributed by atoms with Gasteiger partial charge in [-0.3, -0.25) is 9.78 Å². The van der Waals surface area contributed by atoms with Crippen LogP contribution in [0.1, 0.15) is 44.5 Å². The van der Waals surface area contributed by atoms with Crippen molar-refractivity contribution in [1.29, 1.82) is 0 Å². The molecule has 1 unspecified atom stereocenters. The first kappa shape index (κ1) is 13.7. The average Bonchev–Trinajstić information content (AvgIpc) is 2.66. The van der Waals surface area contributed by atoms with Gasteiger partial charge in [-0.1, -0.05) is 26.8 Å². The Morgan fingerprint density at radius 2 is 2.11 bits per heavy atom. The van der Waals surface area contributed by atoms with E-state index in [0.29, 0.717) is 5.84 Å². The van der Waals surface area contributed by atoms with E-state index >= 15 is 0 Å². The molecule has 4 heteroatoms. The first-order valence-electron chi connectivity index (χ1n) is 6.75. The minimum atomic E-state index is -0.688. The molecule has 4 nitrogen and oxygen atoms in total. The Bertz CT molecular complexity index is 548. The highest BCUT2D eigenvalue weighted by molar-refractivity contribution is 6.15. The zero-order valence-corrected chi connectivity index (χ0v) is 12.2. The summed E-state index contributed by atoms with van der Waals surface area (Å²) in [6.45, 7) is 9.98. The Morgan fingerprint density at radius 3 is 2.58 bits per heavy atom. The van der Waals surface area contributed by atoms with Crippen molar-refractivity contribution in [3.05, 3.63) is 29.1 Å². The van der Waals surface area contributed by atoms with Crippen molar-refractivity contribution in [2.45, 2.75) is 46.6 Å². The van der Waals surface area contributed by atoms with Crippen molar-refractivity contribution in [3.63, 3.8) is 0 Å². The number of amidine groups is 1. The topological polar surface area (TPSA) is 54.4 Å². The van der Waals surface area contributed by atoms with Crippen LogP contribution in [-0.2, 0) is 11.2 Å². The van der Waals surface area contributed by atoms with Crippen LogP contribution in [0.5, 0.6) is 0 Å². The predicted molar refractivity (Wildman–Crippen MR) is 76.3 cm³/mol. The number of rotatable bonds is 3. The zero-order valence-electron chi connectivity index (χ0n) is 12.2. The van der Waals surface area contributed by atoms with Gasteiger partial charge in [-0.2, -0.15) is 0 Å². The number of pyridine rings is 1. The van der Waals surface area contributed by atoms with E-state index in [9.17, 15) is 4.79 Å². The standard InChI is InChI=1S/C15H21N3O/c1-6-11-7-10(4)12(16-8-11)13-17-14(19)15(5,18-13)9(2)3/h7-9H,6H2,1-5H3,(H,17,18,19). The fourth-order valence-electron chi connectivity index (χ4n) is 2.12. The molecule has 1 aliphatic heterocycles. The van der Waals surface area contributed by atoms with E-state index in [4.69, 9.17) is 0 Å². The molecule has 0 saturated heterocycles. The minimum Gasteiger partial charge on any atom is -0.307 e. The van der Waals surface area contributed by atoms with Crippen molar-refractivity contribution in [3.8, 4) is 0 Å². The van der Waals surface area contributed by atoms with Crippen LogP contribution in [-0.4, -0.2) is 22.3 Å². The Kier molecular flexibility index (Phi) is 3.43. The predicted octanol–water partition coefficient (Wildman–Crippen LogP) is 2.24. The maximum atomic E-state index is 12.1. The number of nitrogens with one attached hydrogen (secondary N) is 1. The summed E-state index contributed by atoms with van der Waals surface area (Å²) >= 11 is 0. The Balaban J connectivity index is 2.42. The Labute approximate surface area is 114 Å². The summed E-state index contributed by atoms with van der Waals surface area (Å²) in [5, 5.41) is 2.87. The molecule has 1 aliphatic rings. The van der Waals surface area contributed by atoms with Gasteiger partial charge < -0.3 is 5.32 Å². The van der Waals surface area contributed by atoms with Gasteiger partial charge >= 0.3 is 0 Å². The molecule has 1 aromatic rings. The Morgan fingerprint density at radius 1 is 1.42 bits per heavy atom. The largest absolute Gasteiger partial charge is 0.307 e. The highest BCUT2D eigenvalue weighted by Gasteiger charge is 2.42.